The lowest BCUT2D eigenvalue weighted by Gasteiger charge is -2.04. The van der Waals surface area contributed by atoms with Crippen LogP contribution in [0.4, 0.5) is 5.95 Å². The number of aromatic amines is 1. The maximum absolute atomic E-state index is 12.2. The highest BCUT2D eigenvalue weighted by Gasteiger charge is 2.11. The zero-order chi connectivity index (χ0) is 19.6. The van der Waals surface area contributed by atoms with Gasteiger partial charge in [-0.05, 0) is 35.9 Å². The van der Waals surface area contributed by atoms with Crippen LogP contribution in [0.1, 0.15) is 0 Å². The van der Waals surface area contributed by atoms with Crippen LogP contribution in [0.3, 0.4) is 0 Å². The van der Waals surface area contributed by atoms with Gasteiger partial charge in [0.05, 0.1) is 5.75 Å². The van der Waals surface area contributed by atoms with Crippen LogP contribution in [0.5, 0.6) is 0 Å². The smallest absolute Gasteiger partial charge is 0.249 e. The van der Waals surface area contributed by atoms with Gasteiger partial charge < -0.3 is 4.98 Å². The highest BCUT2D eigenvalue weighted by Crippen LogP contribution is 2.28. The molecule has 0 saturated heterocycles. The number of carbonyl (C=O) groups is 1. The summed E-state index contributed by atoms with van der Waals surface area (Å²) in [6.45, 7) is 0. The first-order valence-electron chi connectivity index (χ1n) is 8.89. The van der Waals surface area contributed by atoms with Crippen molar-refractivity contribution in [3.8, 4) is 11.1 Å². The van der Waals surface area contributed by atoms with Gasteiger partial charge in [0.1, 0.15) is 0 Å². The first kappa shape index (κ1) is 17.4. The number of aromatic nitrogens is 6. The average Bonchev–Trinajstić information content (AvgIpc) is 3.38. The Morgan fingerprint density at radius 3 is 2.90 bits per heavy atom. The highest BCUT2D eigenvalue weighted by molar-refractivity contribution is 7.99. The molecule has 0 saturated carbocycles. The van der Waals surface area contributed by atoms with Crippen molar-refractivity contribution in [1.29, 1.82) is 0 Å². The van der Waals surface area contributed by atoms with Crippen molar-refractivity contribution in [3.63, 3.8) is 0 Å². The fourth-order valence-corrected chi connectivity index (χ4v) is 3.69. The molecule has 0 aliphatic carbocycles. The van der Waals surface area contributed by atoms with Gasteiger partial charge in [0.2, 0.25) is 11.9 Å². The summed E-state index contributed by atoms with van der Waals surface area (Å²) in [4.78, 5) is 27.9. The molecule has 2 N–H and O–H groups in total. The molecule has 4 aromatic heterocycles. The lowest BCUT2D eigenvalue weighted by Crippen LogP contribution is -2.15. The summed E-state index contributed by atoms with van der Waals surface area (Å²) in [5.41, 5.74) is 3.85. The Hall–Kier alpha value is -3.72. The molecule has 0 aliphatic rings. The number of anilines is 1. The van der Waals surface area contributed by atoms with Gasteiger partial charge in [-0.25, -0.2) is 14.5 Å². The van der Waals surface area contributed by atoms with Crippen molar-refractivity contribution in [2.75, 3.05) is 11.1 Å². The van der Waals surface area contributed by atoms with Crippen molar-refractivity contribution in [1.82, 2.24) is 29.5 Å². The largest absolute Gasteiger partial charge is 0.361 e. The Kier molecular flexibility index (Phi) is 4.41. The predicted molar refractivity (Wildman–Crippen MR) is 112 cm³/mol. The summed E-state index contributed by atoms with van der Waals surface area (Å²) in [7, 11) is 0. The molecule has 5 aromatic rings. The van der Waals surface area contributed by atoms with Crippen LogP contribution in [0, 0.1) is 0 Å². The van der Waals surface area contributed by atoms with Gasteiger partial charge in [-0.2, -0.15) is 4.98 Å². The highest BCUT2D eigenvalue weighted by atomic mass is 32.2. The first-order chi connectivity index (χ1) is 14.3. The minimum atomic E-state index is -0.212. The number of nitrogens with one attached hydrogen (secondary N) is 2. The molecule has 29 heavy (non-hydrogen) atoms. The maximum Gasteiger partial charge on any atom is 0.249 e. The molecule has 142 valence electrons. The summed E-state index contributed by atoms with van der Waals surface area (Å²) >= 11 is 1.26. The minimum Gasteiger partial charge on any atom is -0.361 e. The Bertz CT molecular complexity index is 1310. The number of carbonyl (C=O) groups excluding carboxylic acids is 1. The van der Waals surface area contributed by atoms with Gasteiger partial charge in [0, 0.05) is 41.3 Å². The molecular weight excluding hydrogens is 386 g/mol. The Morgan fingerprint density at radius 1 is 1.10 bits per heavy atom. The summed E-state index contributed by atoms with van der Waals surface area (Å²) in [6, 6.07) is 13.8. The molecule has 0 atom stereocenters. The zero-order valence-corrected chi connectivity index (χ0v) is 15.9. The SMILES string of the molecule is O=C(CSc1ncccn1)Nc1nc2ccc(-c3cccc4[nH]ccc34)cn2n1. The van der Waals surface area contributed by atoms with Gasteiger partial charge in [0.25, 0.3) is 0 Å². The summed E-state index contributed by atoms with van der Waals surface area (Å²) in [6.07, 6.45) is 7.12. The number of nitrogens with zero attached hydrogens (tertiary/aromatic N) is 5. The third kappa shape index (κ3) is 3.55. The average molecular weight is 401 g/mol. The van der Waals surface area contributed by atoms with Crippen LogP contribution in [-0.2, 0) is 4.79 Å². The minimum absolute atomic E-state index is 0.181. The lowest BCUT2D eigenvalue weighted by molar-refractivity contribution is -0.113. The molecular formula is C20H15N7OS. The molecule has 1 aromatic carbocycles. The van der Waals surface area contributed by atoms with E-state index >= 15 is 0 Å². The van der Waals surface area contributed by atoms with E-state index in [1.54, 1.807) is 23.0 Å². The van der Waals surface area contributed by atoms with Gasteiger partial charge in [-0.3, -0.25) is 10.1 Å². The number of hydrogen-bond acceptors (Lipinski definition) is 6. The number of H-pyrrole nitrogens is 1. The monoisotopic (exact) mass is 401 g/mol. The molecule has 8 nitrogen and oxygen atoms in total. The molecule has 0 spiro atoms. The van der Waals surface area contributed by atoms with Crippen LogP contribution < -0.4 is 5.32 Å². The standard InChI is InChI=1S/C20H15N7OS/c28-18(12-29-20-22-8-2-9-23-20)25-19-24-17-6-5-13(11-27(17)26-19)14-3-1-4-16-15(14)7-10-21-16/h1-11,21H,12H2,(H,25,26,28). The first-order valence-corrected chi connectivity index (χ1v) is 9.87. The molecule has 0 bridgehead atoms. The molecule has 0 unspecified atom stereocenters. The normalized spacial score (nSPS) is 11.2. The Balaban J connectivity index is 1.35. The van der Waals surface area contributed by atoms with Gasteiger partial charge >= 0.3 is 0 Å². The number of fused-ring (bicyclic) bond motifs is 2. The molecule has 9 heteroatoms. The van der Waals surface area contributed by atoms with Crippen LogP contribution in [0.15, 0.2) is 72.4 Å². The second kappa shape index (κ2) is 7.36. The number of benzene rings is 1. The summed E-state index contributed by atoms with van der Waals surface area (Å²) < 4.78 is 1.67. The van der Waals surface area contributed by atoms with Crippen molar-refractivity contribution in [2.45, 2.75) is 5.16 Å². The van der Waals surface area contributed by atoms with Gasteiger partial charge in [-0.15, -0.1) is 5.10 Å². The number of rotatable bonds is 5. The van der Waals surface area contributed by atoms with Gasteiger partial charge in [-0.1, -0.05) is 23.9 Å². The number of pyridine rings is 1. The van der Waals surface area contributed by atoms with E-state index in [1.165, 1.54) is 11.8 Å². The van der Waals surface area contributed by atoms with E-state index in [0.717, 1.165) is 22.0 Å². The van der Waals surface area contributed by atoms with E-state index in [9.17, 15) is 4.79 Å². The number of thioether (sulfide) groups is 1. The van der Waals surface area contributed by atoms with Crippen LogP contribution in [0.25, 0.3) is 27.7 Å². The Morgan fingerprint density at radius 2 is 2.00 bits per heavy atom. The summed E-state index contributed by atoms with van der Waals surface area (Å²) in [5, 5.41) is 8.80. The predicted octanol–water partition coefficient (Wildman–Crippen LogP) is 3.40. The van der Waals surface area contributed by atoms with E-state index in [4.69, 9.17) is 0 Å². The van der Waals surface area contributed by atoms with Gasteiger partial charge in [0.15, 0.2) is 10.8 Å². The van der Waals surface area contributed by atoms with E-state index in [0.29, 0.717) is 10.8 Å². The van der Waals surface area contributed by atoms with Crippen molar-refractivity contribution in [2.24, 2.45) is 0 Å². The number of amides is 1. The van der Waals surface area contributed by atoms with Crippen molar-refractivity contribution >= 4 is 40.2 Å². The molecule has 4 heterocycles. The second-order valence-electron chi connectivity index (χ2n) is 6.27. The topological polar surface area (TPSA) is 101 Å². The number of hydrogen-bond donors (Lipinski definition) is 2. The van der Waals surface area contributed by atoms with E-state index in [1.807, 2.05) is 36.7 Å². The van der Waals surface area contributed by atoms with E-state index in [-0.39, 0.29) is 17.6 Å². The molecule has 0 radical (unpaired) electrons. The third-order valence-corrected chi connectivity index (χ3v) is 5.24. The second-order valence-corrected chi connectivity index (χ2v) is 7.21. The fourth-order valence-electron chi connectivity index (χ4n) is 3.08. The van der Waals surface area contributed by atoms with Crippen molar-refractivity contribution in [3.05, 3.63) is 67.3 Å². The van der Waals surface area contributed by atoms with E-state index in [2.05, 4.69) is 42.5 Å². The molecule has 0 aliphatic heterocycles. The zero-order valence-electron chi connectivity index (χ0n) is 15.1. The van der Waals surface area contributed by atoms with Crippen LogP contribution in [-0.4, -0.2) is 41.2 Å². The van der Waals surface area contributed by atoms with Crippen molar-refractivity contribution < 1.29 is 4.79 Å². The van der Waals surface area contributed by atoms with Crippen LogP contribution >= 0.6 is 11.8 Å². The third-order valence-electron chi connectivity index (χ3n) is 4.36. The molecule has 0 fully saturated rings. The molecule has 1 amide bonds. The lowest BCUT2D eigenvalue weighted by atomic mass is 10.0. The quantitative estimate of drug-likeness (QED) is 0.346. The van der Waals surface area contributed by atoms with Crippen LogP contribution in [0.2, 0.25) is 0 Å². The summed E-state index contributed by atoms with van der Waals surface area (Å²) in [5.74, 6) is 0.234. The maximum atomic E-state index is 12.2. The fraction of sp³-hybridized carbons (Fsp3) is 0.0500. The molecule has 5 rings (SSSR count). The Labute approximate surface area is 169 Å². The van der Waals surface area contributed by atoms with E-state index < -0.39 is 0 Å².